The van der Waals surface area contributed by atoms with Gasteiger partial charge in [-0.1, -0.05) is 60.2 Å². The summed E-state index contributed by atoms with van der Waals surface area (Å²) in [7, 11) is 0. The van der Waals surface area contributed by atoms with E-state index in [4.69, 9.17) is 0 Å². The van der Waals surface area contributed by atoms with Crippen molar-refractivity contribution in [3.8, 4) is 0 Å². The minimum absolute atomic E-state index is 0.725. The van der Waals surface area contributed by atoms with Gasteiger partial charge in [-0.25, -0.2) is 0 Å². The Bertz CT molecular complexity index is 754. The van der Waals surface area contributed by atoms with E-state index in [-0.39, 0.29) is 0 Å². The molecule has 110 valence electrons. The Balaban J connectivity index is 1.89. The van der Waals surface area contributed by atoms with Gasteiger partial charge in [0.1, 0.15) is 0 Å². The standard InChI is InChI=1S/C20H19NO/c1-16-7-9-17(10-8-16)13-19-11-12-20(15-22)21(19)14-18-5-3-2-4-6-18/h2-12,15H,13-14H2,1H3. The number of hydrogen-bond donors (Lipinski definition) is 0. The molecule has 2 heteroatoms. The zero-order valence-corrected chi connectivity index (χ0v) is 12.7. The van der Waals surface area contributed by atoms with Crippen LogP contribution in [0.5, 0.6) is 0 Å². The molecule has 1 aromatic heterocycles. The third kappa shape index (κ3) is 3.17. The van der Waals surface area contributed by atoms with Crippen LogP contribution in [0.4, 0.5) is 0 Å². The summed E-state index contributed by atoms with van der Waals surface area (Å²) in [6.45, 7) is 2.81. The molecule has 0 fully saturated rings. The summed E-state index contributed by atoms with van der Waals surface area (Å²) in [5, 5.41) is 0. The second kappa shape index (κ2) is 6.44. The summed E-state index contributed by atoms with van der Waals surface area (Å²) in [6.07, 6.45) is 1.77. The van der Waals surface area contributed by atoms with E-state index in [2.05, 4.69) is 47.9 Å². The Hall–Kier alpha value is -2.61. The van der Waals surface area contributed by atoms with Crippen LogP contribution in [0, 0.1) is 6.92 Å². The fourth-order valence-electron chi connectivity index (χ4n) is 2.66. The van der Waals surface area contributed by atoms with Gasteiger partial charge in [-0.05, 0) is 30.2 Å². The zero-order valence-electron chi connectivity index (χ0n) is 12.7. The lowest BCUT2D eigenvalue weighted by atomic mass is 10.1. The number of aldehydes is 1. The number of nitrogens with zero attached hydrogens (tertiary/aromatic N) is 1. The van der Waals surface area contributed by atoms with E-state index < -0.39 is 0 Å². The van der Waals surface area contributed by atoms with Crippen LogP contribution in [0.1, 0.15) is 32.9 Å². The Labute approximate surface area is 131 Å². The lowest BCUT2D eigenvalue weighted by Crippen LogP contribution is -2.08. The van der Waals surface area contributed by atoms with E-state index in [1.165, 1.54) is 16.7 Å². The average molecular weight is 289 g/mol. The first kappa shape index (κ1) is 14.3. The molecule has 3 rings (SSSR count). The number of aromatic nitrogens is 1. The molecular weight excluding hydrogens is 270 g/mol. The first-order valence-corrected chi connectivity index (χ1v) is 7.49. The van der Waals surface area contributed by atoms with Crippen LogP contribution >= 0.6 is 0 Å². The van der Waals surface area contributed by atoms with E-state index in [1.807, 2.05) is 30.3 Å². The minimum atomic E-state index is 0.725. The highest BCUT2D eigenvalue weighted by molar-refractivity contribution is 5.73. The Kier molecular flexibility index (Phi) is 4.19. The topological polar surface area (TPSA) is 22.0 Å². The first-order chi connectivity index (χ1) is 10.8. The molecule has 0 amide bonds. The molecule has 0 saturated heterocycles. The van der Waals surface area contributed by atoms with Crippen molar-refractivity contribution in [2.24, 2.45) is 0 Å². The molecule has 0 bridgehead atoms. The molecule has 0 radical (unpaired) electrons. The van der Waals surface area contributed by atoms with Crippen LogP contribution in [0.3, 0.4) is 0 Å². The van der Waals surface area contributed by atoms with Crippen LogP contribution in [0.2, 0.25) is 0 Å². The van der Waals surface area contributed by atoms with Crippen LogP contribution in [-0.4, -0.2) is 10.9 Å². The quantitative estimate of drug-likeness (QED) is 0.644. The number of carbonyl (C=O) groups excluding carboxylic acids is 1. The highest BCUT2D eigenvalue weighted by Gasteiger charge is 2.09. The summed E-state index contributed by atoms with van der Waals surface area (Å²) in [5.74, 6) is 0. The Morgan fingerprint density at radius 2 is 1.59 bits per heavy atom. The van der Waals surface area contributed by atoms with Crippen molar-refractivity contribution in [2.45, 2.75) is 19.9 Å². The van der Waals surface area contributed by atoms with Crippen LogP contribution < -0.4 is 0 Å². The van der Waals surface area contributed by atoms with Crippen LogP contribution in [-0.2, 0) is 13.0 Å². The maximum absolute atomic E-state index is 11.3. The molecule has 3 aromatic rings. The number of hydrogen-bond acceptors (Lipinski definition) is 1. The summed E-state index contributed by atoms with van der Waals surface area (Å²) < 4.78 is 2.10. The molecule has 22 heavy (non-hydrogen) atoms. The number of rotatable bonds is 5. The highest BCUT2D eigenvalue weighted by atomic mass is 16.1. The van der Waals surface area contributed by atoms with E-state index in [1.54, 1.807) is 0 Å². The van der Waals surface area contributed by atoms with Crippen molar-refractivity contribution < 1.29 is 4.79 Å². The van der Waals surface area contributed by atoms with Gasteiger partial charge in [0, 0.05) is 18.7 Å². The van der Waals surface area contributed by atoms with Gasteiger partial charge < -0.3 is 4.57 Å². The smallest absolute Gasteiger partial charge is 0.166 e. The van der Waals surface area contributed by atoms with Gasteiger partial charge in [0.2, 0.25) is 0 Å². The molecule has 0 unspecified atom stereocenters. The maximum atomic E-state index is 11.3. The molecule has 0 N–H and O–H groups in total. The maximum Gasteiger partial charge on any atom is 0.166 e. The average Bonchev–Trinajstić information content (AvgIpc) is 2.92. The molecule has 0 saturated carbocycles. The monoisotopic (exact) mass is 289 g/mol. The van der Waals surface area contributed by atoms with Crippen LogP contribution in [0.15, 0.2) is 66.7 Å². The second-order valence-electron chi connectivity index (χ2n) is 5.60. The predicted octanol–water partition coefficient (Wildman–Crippen LogP) is 4.25. The minimum Gasteiger partial charge on any atom is -0.338 e. The van der Waals surface area contributed by atoms with Crippen molar-refractivity contribution in [3.63, 3.8) is 0 Å². The number of benzene rings is 2. The zero-order chi connectivity index (χ0) is 15.4. The first-order valence-electron chi connectivity index (χ1n) is 7.49. The normalized spacial score (nSPS) is 10.6. The van der Waals surface area contributed by atoms with E-state index >= 15 is 0 Å². The van der Waals surface area contributed by atoms with Crippen LogP contribution in [0.25, 0.3) is 0 Å². The number of aryl methyl sites for hydroxylation is 1. The summed E-state index contributed by atoms with van der Waals surface area (Å²) in [4.78, 5) is 11.3. The van der Waals surface area contributed by atoms with Gasteiger partial charge in [0.15, 0.2) is 6.29 Å². The fourth-order valence-corrected chi connectivity index (χ4v) is 2.66. The Morgan fingerprint density at radius 3 is 2.27 bits per heavy atom. The number of carbonyl (C=O) groups is 1. The fraction of sp³-hybridized carbons (Fsp3) is 0.150. The second-order valence-corrected chi connectivity index (χ2v) is 5.60. The molecule has 2 nitrogen and oxygen atoms in total. The lowest BCUT2D eigenvalue weighted by Gasteiger charge is -2.12. The molecule has 0 aliphatic rings. The third-order valence-corrected chi connectivity index (χ3v) is 3.91. The van der Waals surface area contributed by atoms with Gasteiger partial charge in [0.25, 0.3) is 0 Å². The van der Waals surface area contributed by atoms with Gasteiger partial charge in [-0.2, -0.15) is 0 Å². The van der Waals surface area contributed by atoms with Crippen molar-refractivity contribution in [3.05, 3.63) is 94.8 Å². The van der Waals surface area contributed by atoms with E-state index in [0.717, 1.165) is 30.6 Å². The molecule has 0 atom stereocenters. The molecular formula is C20H19NO. The predicted molar refractivity (Wildman–Crippen MR) is 89.3 cm³/mol. The molecule has 0 spiro atoms. The van der Waals surface area contributed by atoms with Gasteiger partial charge in [0.05, 0.1) is 5.69 Å². The van der Waals surface area contributed by atoms with Crippen molar-refractivity contribution in [2.75, 3.05) is 0 Å². The Morgan fingerprint density at radius 1 is 0.864 bits per heavy atom. The van der Waals surface area contributed by atoms with Gasteiger partial charge in [-0.3, -0.25) is 4.79 Å². The van der Waals surface area contributed by atoms with E-state index in [0.29, 0.717) is 0 Å². The van der Waals surface area contributed by atoms with Crippen molar-refractivity contribution in [1.29, 1.82) is 0 Å². The van der Waals surface area contributed by atoms with Gasteiger partial charge in [-0.15, -0.1) is 0 Å². The SMILES string of the molecule is Cc1ccc(Cc2ccc(C=O)n2Cc2ccccc2)cc1. The summed E-state index contributed by atoms with van der Waals surface area (Å²) in [5.41, 5.74) is 5.61. The molecule has 0 aliphatic heterocycles. The summed E-state index contributed by atoms with van der Waals surface area (Å²) >= 11 is 0. The molecule has 0 aliphatic carbocycles. The molecule has 2 aromatic carbocycles. The highest BCUT2D eigenvalue weighted by Crippen LogP contribution is 2.16. The van der Waals surface area contributed by atoms with E-state index in [9.17, 15) is 4.79 Å². The third-order valence-electron chi connectivity index (χ3n) is 3.91. The lowest BCUT2D eigenvalue weighted by molar-refractivity contribution is 0.111. The largest absolute Gasteiger partial charge is 0.338 e. The van der Waals surface area contributed by atoms with Gasteiger partial charge >= 0.3 is 0 Å². The summed E-state index contributed by atoms with van der Waals surface area (Å²) in [6, 6.07) is 22.7. The molecule has 1 heterocycles. The van der Waals surface area contributed by atoms with Crippen molar-refractivity contribution >= 4 is 6.29 Å². The van der Waals surface area contributed by atoms with Crippen molar-refractivity contribution in [1.82, 2.24) is 4.57 Å².